The fraction of sp³-hybridized carbons (Fsp3) is 0.143. The van der Waals surface area contributed by atoms with Crippen molar-refractivity contribution in [1.82, 2.24) is 0 Å². The van der Waals surface area contributed by atoms with Gasteiger partial charge in [0.25, 0.3) is 5.69 Å². The van der Waals surface area contributed by atoms with E-state index in [1.165, 1.54) is 12.1 Å². The van der Waals surface area contributed by atoms with Gasteiger partial charge in [0.15, 0.2) is 0 Å². The van der Waals surface area contributed by atoms with Crippen LogP contribution >= 0.6 is 34.8 Å². The summed E-state index contributed by atoms with van der Waals surface area (Å²) in [5.41, 5.74) is 1.61. The molecule has 2 aromatic rings. The SMILES string of the molecule is O=[N+]([O-])c1ccc(CC(Cl)c2c(Cl)cccc2Cl)cc1. The van der Waals surface area contributed by atoms with Gasteiger partial charge < -0.3 is 0 Å². The molecule has 3 nitrogen and oxygen atoms in total. The maximum absolute atomic E-state index is 10.6. The van der Waals surface area contributed by atoms with Crippen LogP contribution in [0.15, 0.2) is 42.5 Å². The quantitative estimate of drug-likeness (QED) is 0.426. The Bertz CT molecular complexity index is 609. The Labute approximate surface area is 131 Å². The molecule has 0 aliphatic carbocycles. The average molecular weight is 331 g/mol. The molecule has 0 bridgehead atoms. The molecule has 0 heterocycles. The smallest absolute Gasteiger partial charge is 0.258 e. The lowest BCUT2D eigenvalue weighted by Gasteiger charge is -2.13. The number of benzene rings is 2. The number of hydrogen-bond acceptors (Lipinski definition) is 2. The summed E-state index contributed by atoms with van der Waals surface area (Å²) in [4.78, 5) is 10.2. The van der Waals surface area contributed by atoms with Crippen molar-refractivity contribution in [2.24, 2.45) is 0 Å². The second-order valence-electron chi connectivity index (χ2n) is 4.23. The van der Waals surface area contributed by atoms with E-state index >= 15 is 0 Å². The minimum Gasteiger partial charge on any atom is -0.258 e. The number of halogens is 3. The van der Waals surface area contributed by atoms with Gasteiger partial charge in [-0.2, -0.15) is 0 Å². The summed E-state index contributed by atoms with van der Waals surface area (Å²) in [5.74, 6) is 0. The molecule has 1 atom stereocenters. The number of alkyl halides is 1. The molecule has 0 radical (unpaired) electrons. The molecule has 0 spiro atoms. The molecule has 0 fully saturated rings. The molecule has 0 N–H and O–H groups in total. The van der Waals surface area contributed by atoms with E-state index in [0.717, 1.165) is 5.56 Å². The van der Waals surface area contributed by atoms with E-state index < -0.39 is 10.3 Å². The van der Waals surface area contributed by atoms with Gasteiger partial charge in [0, 0.05) is 27.7 Å². The summed E-state index contributed by atoms with van der Waals surface area (Å²) in [5, 5.41) is 11.2. The molecule has 2 aromatic carbocycles. The molecule has 2 rings (SSSR count). The molecule has 20 heavy (non-hydrogen) atoms. The highest BCUT2D eigenvalue weighted by Crippen LogP contribution is 2.36. The van der Waals surface area contributed by atoms with Crippen LogP contribution in [0, 0.1) is 10.1 Å². The molecule has 104 valence electrons. The Morgan fingerprint density at radius 1 is 1.05 bits per heavy atom. The van der Waals surface area contributed by atoms with E-state index in [9.17, 15) is 10.1 Å². The Hall–Kier alpha value is -1.29. The summed E-state index contributed by atoms with van der Waals surface area (Å²) < 4.78 is 0. The van der Waals surface area contributed by atoms with E-state index in [-0.39, 0.29) is 5.69 Å². The van der Waals surface area contributed by atoms with Crippen molar-refractivity contribution in [2.75, 3.05) is 0 Å². The fourth-order valence-electron chi connectivity index (χ4n) is 1.87. The fourth-order valence-corrected chi connectivity index (χ4v) is 3.06. The first-order valence-corrected chi connectivity index (χ1v) is 6.99. The third-order valence-corrected chi connectivity index (χ3v) is 3.91. The van der Waals surface area contributed by atoms with Crippen LogP contribution in [-0.2, 0) is 6.42 Å². The van der Waals surface area contributed by atoms with Crippen LogP contribution < -0.4 is 0 Å². The molecule has 0 amide bonds. The van der Waals surface area contributed by atoms with Crippen molar-refractivity contribution in [2.45, 2.75) is 11.8 Å². The van der Waals surface area contributed by atoms with E-state index in [1.807, 2.05) is 0 Å². The van der Waals surface area contributed by atoms with Gasteiger partial charge in [-0.3, -0.25) is 10.1 Å². The Morgan fingerprint density at radius 3 is 2.10 bits per heavy atom. The second-order valence-corrected chi connectivity index (χ2v) is 5.57. The first kappa shape index (κ1) is 15.1. The van der Waals surface area contributed by atoms with Gasteiger partial charge in [0.1, 0.15) is 0 Å². The van der Waals surface area contributed by atoms with Crippen molar-refractivity contribution in [3.05, 3.63) is 73.8 Å². The van der Waals surface area contributed by atoms with Crippen LogP contribution in [0.4, 0.5) is 5.69 Å². The van der Waals surface area contributed by atoms with Crippen LogP contribution in [-0.4, -0.2) is 4.92 Å². The molecule has 0 saturated carbocycles. The first-order chi connectivity index (χ1) is 9.49. The molecule has 6 heteroatoms. The summed E-state index contributed by atoms with van der Waals surface area (Å²) in [6.07, 6.45) is 0.489. The van der Waals surface area contributed by atoms with E-state index in [4.69, 9.17) is 34.8 Å². The lowest BCUT2D eigenvalue weighted by molar-refractivity contribution is -0.384. The lowest BCUT2D eigenvalue weighted by atomic mass is 10.0. The molecule has 0 aliphatic heterocycles. The van der Waals surface area contributed by atoms with E-state index in [1.54, 1.807) is 30.3 Å². The zero-order chi connectivity index (χ0) is 14.7. The predicted octanol–water partition coefficient (Wildman–Crippen LogP) is 5.42. The van der Waals surface area contributed by atoms with Crippen LogP contribution in [0.2, 0.25) is 10.0 Å². The molecule has 0 aromatic heterocycles. The van der Waals surface area contributed by atoms with Gasteiger partial charge in [-0.25, -0.2) is 0 Å². The lowest BCUT2D eigenvalue weighted by Crippen LogP contribution is -1.98. The van der Waals surface area contributed by atoms with Crippen molar-refractivity contribution in [3.8, 4) is 0 Å². The predicted molar refractivity (Wildman–Crippen MR) is 81.9 cm³/mol. The molecular formula is C14H10Cl3NO2. The van der Waals surface area contributed by atoms with Crippen LogP contribution in [0.1, 0.15) is 16.5 Å². The van der Waals surface area contributed by atoms with Crippen molar-refractivity contribution >= 4 is 40.5 Å². The standard InChI is InChI=1S/C14H10Cl3NO2/c15-11-2-1-3-12(16)14(11)13(17)8-9-4-6-10(7-5-9)18(19)20/h1-7,13H,8H2. The Morgan fingerprint density at radius 2 is 1.60 bits per heavy atom. The summed E-state index contributed by atoms with van der Waals surface area (Å²) in [6, 6.07) is 11.5. The number of hydrogen-bond donors (Lipinski definition) is 0. The minimum absolute atomic E-state index is 0.0515. The van der Waals surface area contributed by atoms with Gasteiger partial charge >= 0.3 is 0 Å². The zero-order valence-electron chi connectivity index (χ0n) is 10.2. The maximum atomic E-state index is 10.6. The topological polar surface area (TPSA) is 43.1 Å². The molecule has 0 saturated heterocycles. The first-order valence-electron chi connectivity index (χ1n) is 5.80. The number of nitrogens with zero attached hydrogens (tertiary/aromatic N) is 1. The maximum Gasteiger partial charge on any atom is 0.269 e. The Balaban J connectivity index is 2.19. The number of rotatable bonds is 4. The third-order valence-electron chi connectivity index (χ3n) is 2.88. The third kappa shape index (κ3) is 3.42. The van der Waals surface area contributed by atoms with Crippen molar-refractivity contribution in [3.63, 3.8) is 0 Å². The molecular weight excluding hydrogens is 321 g/mol. The van der Waals surface area contributed by atoms with Crippen LogP contribution in [0.25, 0.3) is 0 Å². The van der Waals surface area contributed by atoms with Crippen LogP contribution in [0.5, 0.6) is 0 Å². The molecule has 1 unspecified atom stereocenters. The highest BCUT2D eigenvalue weighted by molar-refractivity contribution is 6.37. The highest BCUT2D eigenvalue weighted by atomic mass is 35.5. The van der Waals surface area contributed by atoms with Crippen LogP contribution in [0.3, 0.4) is 0 Å². The zero-order valence-corrected chi connectivity index (χ0v) is 12.5. The average Bonchev–Trinajstić information content (AvgIpc) is 2.39. The molecule has 0 aliphatic rings. The minimum atomic E-state index is -0.438. The van der Waals surface area contributed by atoms with Gasteiger partial charge in [-0.1, -0.05) is 41.4 Å². The normalized spacial score (nSPS) is 12.2. The van der Waals surface area contributed by atoms with E-state index in [0.29, 0.717) is 22.0 Å². The van der Waals surface area contributed by atoms with Crippen molar-refractivity contribution < 1.29 is 4.92 Å². The Kier molecular flexibility index (Phi) is 4.86. The van der Waals surface area contributed by atoms with Gasteiger partial charge in [0.05, 0.1) is 10.3 Å². The number of non-ortho nitro benzene ring substituents is 1. The second kappa shape index (κ2) is 6.44. The van der Waals surface area contributed by atoms with Gasteiger partial charge in [-0.05, 0) is 24.1 Å². The summed E-state index contributed by atoms with van der Waals surface area (Å²) in [7, 11) is 0. The summed E-state index contributed by atoms with van der Waals surface area (Å²) >= 11 is 18.5. The van der Waals surface area contributed by atoms with Gasteiger partial charge in [0.2, 0.25) is 0 Å². The highest BCUT2D eigenvalue weighted by Gasteiger charge is 2.16. The van der Waals surface area contributed by atoms with Crippen molar-refractivity contribution in [1.29, 1.82) is 0 Å². The largest absolute Gasteiger partial charge is 0.269 e. The van der Waals surface area contributed by atoms with E-state index in [2.05, 4.69) is 0 Å². The number of nitro benzene ring substituents is 1. The number of nitro groups is 1. The monoisotopic (exact) mass is 329 g/mol. The van der Waals surface area contributed by atoms with Gasteiger partial charge in [-0.15, -0.1) is 11.6 Å². The summed E-state index contributed by atoms with van der Waals surface area (Å²) in [6.45, 7) is 0.